The molecule has 0 N–H and O–H groups in total. The van der Waals surface area contributed by atoms with Crippen LogP contribution in [0.1, 0.15) is 20.3 Å². The fourth-order valence-corrected chi connectivity index (χ4v) is 0. The zero-order valence-corrected chi connectivity index (χ0v) is 6.02. The molecule has 0 rings (SSSR count). The van der Waals surface area contributed by atoms with Crippen LogP contribution in [0, 0.1) is 0 Å². The van der Waals surface area contributed by atoms with Gasteiger partial charge < -0.3 is 0 Å². The molecule has 0 aliphatic rings. The van der Waals surface area contributed by atoms with Crippen LogP contribution in [0.2, 0.25) is 3.97 Å². The summed E-state index contributed by atoms with van der Waals surface area (Å²) in [6.45, 7) is 4.43. The van der Waals surface area contributed by atoms with Crippen molar-refractivity contribution in [2.24, 2.45) is 0 Å². The first kappa shape index (κ1) is 5.79. The first-order chi connectivity index (χ1) is 2.27. The monoisotopic (exact) mass is 187 g/mol. The average molecular weight is 185 g/mol. The Labute approximate surface area is 46.9 Å². The molecule has 0 aliphatic carbocycles. The first-order valence-corrected chi connectivity index (χ1v) is 3.27. The molecule has 0 heterocycles. The van der Waals surface area contributed by atoms with Gasteiger partial charge in [0.15, 0.2) is 0 Å². The van der Waals surface area contributed by atoms with Crippen LogP contribution in [-0.2, 0) is 0 Å². The van der Waals surface area contributed by atoms with Crippen molar-refractivity contribution in [3.05, 3.63) is 0 Å². The van der Waals surface area contributed by atoms with Gasteiger partial charge in [-0.2, -0.15) is 0 Å². The summed E-state index contributed by atoms with van der Waals surface area (Å²) in [6, 6.07) is 0. The van der Waals surface area contributed by atoms with E-state index in [0.29, 0.717) is 0 Å². The Bertz CT molecular complexity index is 17.6. The maximum absolute atomic E-state index is 2.23. The first-order valence-electron chi connectivity index (χ1n) is 1.93. The average Bonchev–Trinajstić information content (AvgIpc) is 1.38. The summed E-state index contributed by atoms with van der Waals surface area (Å²) in [5, 5.41) is 0. The molecule has 0 spiro atoms. The van der Waals surface area contributed by atoms with Gasteiger partial charge in [0.1, 0.15) is 0 Å². The second-order valence-corrected chi connectivity index (χ2v) is 3.52. The molecule has 1 unspecified atom stereocenters. The van der Waals surface area contributed by atoms with Crippen molar-refractivity contribution in [2.75, 3.05) is 0 Å². The molecule has 0 nitrogen and oxygen atoms in total. The van der Waals surface area contributed by atoms with E-state index in [1.807, 2.05) is 0 Å². The van der Waals surface area contributed by atoms with Crippen LogP contribution in [0.3, 0.4) is 0 Å². The van der Waals surface area contributed by atoms with Crippen molar-refractivity contribution in [2.45, 2.75) is 24.2 Å². The van der Waals surface area contributed by atoms with E-state index in [9.17, 15) is 0 Å². The summed E-state index contributed by atoms with van der Waals surface area (Å²) < 4.78 is 0.894. The number of hydrogen-bond acceptors (Lipinski definition) is 0. The molecule has 0 aliphatic heterocycles. The van der Waals surface area contributed by atoms with Crippen molar-refractivity contribution >= 4 is 22.3 Å². The van der Waals surface area contributed by atoms with E-state index in [1.165, 1.54) is 6.42 Å². The third kappa shape index (κ3) is 4.79. The fourth-order valence-electron chi connectivity index (χ4n) is 0. The van der Waals surface area contributed by atoms with Gasteiger partial charge in [-0.15, -0.1) is 0 Å². The summed E-state index contributed by atoms with van der Waals surface area (Å²) in [5.74, 6) is 0. The second-order valence-electron chi connectivity index (χ2n) is 1.22. The molecule has 0 amide bonds. The van der Waals surface area contributed by atoms with Crippen molar-refractivity contribution in [1.29, 1.82) is 0 Å². The van der Waals surface area contributed by atoms with Crippen molar-refractivity contribution in [3.63, 3.8) is 0 Å². The van der Waals surface area contributed by atoms with E-state index >= 15 is 0 Å². The Kier molecular flexibility index (Phi) is 3.47. The molecule has 0 fully saturated rings. The van der Waals surface area contributed by atoms with Crippen molar-refractivity contribution in [1.82, 2.24) is 0 Å². The molecular weight excluding hydrogens is 176 g/mol. The molecule has 0 aromatic carbocycles. The Hall–Kier alpha value is 0.790. The van der Waals surface area contributed by atoms with Gasteiger partial charge >= 0.3 is 46.5 Å². The normalized spacial score (nSPS) is 15.0. The van der Waals surface area contributed by atoms with Crippen molar-refractivity contribution < 1.29 is 0 Å². The summed E-state index contributed by atoms with van der Waals surface area (Å²) in [4.78, 5) is 0. The minimum atomic E-state index is 0.894. The molecule has 0 bridgehead atoms. The summed E-state index contributed by atoms with van der Waals surface area (Å²) in [7, 11) is 0. The van der Waals surface area contributed by atoms with Gasteiger partial charge in [0.25, 0.3) is 0 Å². The Morgan fingerprint density at radius 3 is 2.00 bits per heavy atom. The van der Waals surface area contributed by atoms with Crippen LogP contribution in [0.15, 0.2) is 0 Å². The van der Waals surface area contributed by atoms with Gasteiger partial charge in [-0.1, -0.05) is 0 Å². The standard InChI is InChI=1S/C4H9Te/c1-3-4(2)5/h4H,3H2,1-2H3. The molecule has 0 saturated heterocycles. The predicted octanol–water partition coefficient (Wildman–Crippen LogP) is 1.37. The molecule has 5 heavy (non-hydrogen) atoms. The fraction of sp³-hybridized carbons (Fsp3) is 1.00. The van der Waals surface area contributed by atoms with Crippen LogP contribution in [0.25, 0.3) is 0 Å². The van der Waals surface area contributed by atoms with E-state index in [4.69, 9.17) is 0 Å². The third-order valence-electron chi connectivity index (χ3n) is 0.575. The van der Waals surface area contributed by atoms with Crippen LogP contribution in [-0.4, -0.2) is 22.3 Å². The topological polar surface area (TPSA) is 0 Å². The molecule has 0 aromatic heterocycles. The van der Waals surface area contributed by atoms with E-state index in [1.54, 1.807) is 0 Å². The SMILES string of the molecule is CCC(C)[Te]. The Balaban J connectivity index is 2.54. The van der Waals surface area contributed by atoms with E-state index in [-0.39, 0.29) is 0 Å². The van der Waals surface area contributed by atoms with Crippen LogP contribution in [0.4, 0.5) is 0 Å². The predicted molar refractivity (Wildman–Crippen MR) is 25.5 cm³/mol. The Morgan fingerprint density at radius 2 is 2.00 bits per heavy atom. The summed E-state index contributed by atoms with van der Waals surface area (Å²) in [5.41, 5.74) is 0. The molecule has 1 atom stereocenters. The summed E-state index contributed by atoms with van der Waals surface area (Å²) >= 11 is 2.16. The van der Waals surface area contributed by atoms with E-state index < -0.39 is 0 Å². The number of hydrogen-bond donors (Lipinski definition) is 0. The zero-order chi connectivity index (χ0) is 4.28. The van der Waals surface area contributed by atoms with Gasteiger partial charge in [-0.3, -0.25) is 0 Å². The van der Waals surface area contributed by atoms with Gasteiger partial charge in [-0.05, 0) is 0 Å². The second kappa shape index (κ2) is 3.00. The zero-order valence-electron chi connectivity index (χ0n) is 3.69. The van der Waals surface area contributed by atoms with Gasteiger partial charge in [0.05, 0.1) is 0 Å². The molecule has 31 valence electrons. The Morgan fingerprint density at radius 1 is 1.80 bits per heavy atom. The molecule has 1 radical (unpaired) electrons. The minimum absolute atomic E-state index is 0.894. The van der Waals surface area contributed by atoms with Crippen LogP contribution in [0.5, 0.6) is 0 Å². The van der Waals surface area contributed by atoms with Gasteiger partial charge in [0.2, 0.25) is 0 Å². The molecule has 0 saturated carbocycles. The van der Waals surface area contributed by atoms with Crippen molar-refractivity contribution in [3.8, 4) is 0 Å². The quantitative estimate of drug-likeness (QED) is 0.541. The summed E-state index contributed by atoms with van der Waals surface area (Å²) in [6.07, 6.45) is 1.31. The molecule has 0 aromatic rings. The van der Waals surface area contributed by atoms with E-state index in [2.05, 4.69) is 36.1 Å². The maximum atomic E-state index is 2.23. The third-order valence-corrected chi connectivity index (χ3v) is 1.53. The van der Waals surface area contributed by atoms with E-state index in [0.717, 1.165) is 3.97 Å². The van der Waals surface area contributed by atoms with Gasteiger partial charge in [-0.25, -0.2) is 0 Å². The van der Waals surface area contributed by atoms with Crippen LogP contribution >= 0.6 is 0 Å². The van der Waals surface area contributed by atoms with Crippen LogP contribution < -0.4 is 0 Å². The molecule has 1 heteroatoms. The number of rotatable bonds is 1. The van der Waals surface area contributed by atoms with Gasteiger partial charge in [0, 0.05) is 0 Å². The molecular formula is C4H9Te.